The van der Waals surface area contributed by atoms with Gasteiger partial charge in [-0.3, -0.25) is 4.99 Å². The third-order valence-corrected chi connectivity index (χ3v) is 6.85. The molecular weight excluding hydrogens is 278 g/mol. The summed E-state index contributed by atoms with van der Waals surface area (Å²) in [6, 6.07) is 20.9. The number of aliphatic imine (C=N–C) groups is 1. The fourth-order valence-corrected chi connectivity index (χ4v) is 5.32. The van der Waals surface area contributed by atoms with Crippen LogP contribution in [-0.4, -0.2) is 22.4 Å². The maximum absolute atomic E-state index is 11.0. The van der Waals surface area contributed by atoms with Gasteiger partial charge in [0, 0.05) is 17.5 Å². The van der Waals surface area contributed by atoms with E-state index in [1.165, 1.54) is 11.1 Å². The predicted molar refractivity (Wildman–Crippen MR) is 92.4 cm³/mol. The molecule has 2 unspecified atom stereocenters. The van der Waals surface area contributed by atoms with Gasteiger partial charge < -0.3 is 4.55 Å². The van der Waals surface area contributed by atoms with Crippen LogP contribution >= 0.6 is 10.3 Å². The maximum atomic E-state index is 11.0. The topological polar surface area (TPSA) is 32.6 Å². The average molecular weight is 299 g/mol. The van der Waals surface area contributed by atoms with E-state index in [-0.39, 0.29) is 5.25 Å². The minimum atomic E-state index is -1.76. The van der Waals surface area contributed by atoms with E-state index >= 15 is 0 Å². The van der Waals surface area contributed by atoms with Crippen LogP contribution in [0.15, 0.2) is 65.7 Å². The Balaban J connectivity index is 1.81. The Morgan fingerprint density at radius 2 is 1.67 bits per heavy atom. The second-order valence-corrected chi connectivity index (χ2v) is 8.26. The highest BCUT2D eigenvalue weighted by molar-refractivity contribution is 8.40. The van der Waals surface area contributed by atoms with E-state index in [1.54, 1.807) is 0 Å². The summed E-state index contributed by atoms with van der Waals surface area (Å²) in [7, 11) is -1.76. The first-order valence-corrected chi connectivity index (χ1v) is 9.27. The summed E-state index contributed by atoms with van der Waals surface area (Å²) in [5, 5.41) is 0.185. The molecule has 0 spiro atoms. The van der Waals surface area contributed by atoms with E-state index in [0.717, 1.165) is 25.1 Å². The molecule has 1 aliphatic heterocycles. The summed E-state index contributed by atoms with van der Waals surface area (Å²) in [4.78, 5) is 4.30. The Morgan fingerprint density at radius 3 is 2.29 bits per heavy atom. The van der Waals surface area contributed by atoms with Crippen molar-refractivity contribution in [3.63, 3.8) is 0 Å². The summed E-state index contributed by atoms with van der Waals surface area (Å²) in [6.45, 7) is 0.764. The smallest absolute Gasteiger partial charge is 0.0597 e. The summed E-state index contributed by atoms with van der Waals surface area (Å²) in [6.07, 6.45) is 1.95. The fraction of sp³-hybridized carbons (Fsp3) is 0.278. The zero-order valence-corrected chi connectivity index (χ0v) is 12.9. The van der Waals surface area contributed by atoms with Crippen LogP contribution < -0.4 is 0 Å². The Hall–Kier alpha value is -1.58. The van der Waals surface area contributed by atoms with E-state index in [0.29, 0.717) is 0 Å². The molecule has 0 fully saturated rings. The molecule has 0 amide bonds. The van der Waals surface area contributed by atoms with Gasteiger partial charge in [0.05, 0.1) is 5.55 Å². The van der Waals surface area contributed by atoms with Gasteiger partial charge >= 0.3 is 0 Å². The van der Waals surface area contributed by atoms with Gasteiger partial charge in [0.25, 0.3) is 0 Å². The van der Waals surface area contributed by atoms with Gasteiger partial charge in [-0.25, -0.2) is 0 Å². The van der Waals surface area contributed by atoms with Gasteiger partial charge in [-0.2, -0.15) is 0 Å². The van der Waals surface area contributed by atoms with Crippen molar-refractivity contribution in [2.45, 2.75) is 18.1 Å². The highest BCUT2D eigenvalue weighted by Crippen LogP contribution is 2.58. The highest BCUT2D eigenvalue weighted by Gasteiger charge is 2.33. The first-order chi connectivity index (χ1) is 10.3. The maximum Gasteiger partial charge on any atom is 0.0597 e. The SMILES string of the molecule is OS1(C(CCc2ccccc2)c2ccccc2)C=NCC1. The molecule has 2 nitrogen and oxygen atoms in total. The van der Waals surface area contributed by atoms with Crippen LogP contribution in [0.4, 0.5) is 0 Å². The van der Waals surface area contributed by atoms with Crippen molar-refractivity contribution >= 4 is 15.9 Å². The first kappa shape index (κ1) is 14.4. The third-order valence-electron chi connectivity index (χ3n) is 4.01. The average Bonchev–Trinajstić information content (AvgIpc) is 2.97. The van der Waals surface area contributed by atoms with Gasteiger partial charge in [-0.05, 0) is 24.0 Å². The van der Waals surface area contributed by atoms with Crippen LogP contribution in [0.1, 0.15) is 22.8 Å². The number of hydrogen-bond acceptors (Lipinski definition) is 2. The molecule has 0 saturated heterocycles. The number of benzene rings is 2. The van der Waals surface area contributed by atoms with Crippen molar-refractivity contribution in [2.75, 3.05) is 12.3 Å². The Morgan fingerprint density at radius 1 is 1.00 bits per heavy atom. The molecule has 1 heterocycles. The van der Waals surface area contributed by atoms with Crippen molar-refractivity contribution in [1.82, 2.24) is 0 Å². The van der Waals surface area contributed by atoms with Crippen molar-refractivity contribution in [1.29, 1.82) is 0 Å². The second-order valence-electron chi connectivity index (χ2n) is 5.45. The number of rotatable bonds is 5. The molecule has 3 rings (SSSR count). The lowest BCUT2D eigenvalue weighted by Gasteiger charge is -2.35. The molecule has 0 aromatic heterocycles. The summed E-state index contributed by atoms with van der Waals surface area (Å²) in [5.74, 6) is 0.807. The number of nitrogens with zero attached hydrogens (tertiary/aromatic N) is 1. The zero-order chi connectivity index (χ0) is 14.5. The van der Waals surface area contributed by atoms with E-state index in [4.69, 9.17) is 0 Å². The molecule has 0 radical (unpaired) electrons. The summed E-state index contributed by atoms with van der Waals surface area (Å²) in [5.41, 5.74) is 4.41. The largest absolute Gasteiger partial charge is 0.346 e. The lowest BCUT2D eigenvalue weighted by atomic mass is 10.0. The van der Waals surface area contributed by atoms with E-state index in [2.05, 4.69) is 53.5 Å². The van der Waals surface area contributed by atoms with Crippen LogP contribution in [0.3, 0.4) is 0 Å². The summed E-state index contributed by atoms with van der Waals surface area (Å²) < 4.78 is 11.0. The molecule has 21 heavy (non-hydrogen) atoms. The van der Waals surface area contributed by atoms with Gasteiger partial charge in [0.15, 0.2) is 0 Å². The van der Waals surface area contributed by atoms with Crippen molar-refractivity contribution in [3.8, 4) is 0 Å². The lowest BCUT2D eigenvalue weighted by molar-refractivity contribution is 0.613. The Kier molecular flexibility index (Phi) is 4.42. The fourth-order valence-electron chi connectivity index (χ4n) is 2.87. The molecule has 0 saturated carbocycles. The molecular formula is C18H21NOS. The third kappa shape index (κ3) is 3.36. The highest BCUT2D eigenvalue weighted by atomic mass is 32.3. The lowest BCUT2D eigenvalue weighted by Crippen LogP contribution is -2.14. The minimum absolute atomic E-state index is 0.185. The predicted octanol–water partition coefficient (Wildman–Crippen LogP) is 4.68. The van der Waals surface area contributed by atoms with E-state index in [9.17, 15) is 4.55 Å². The van der Waals surface area contributed by atoms with Gasteiger partial charge in [-0.15, -0.1) is 0 Å². The summed E-state index contributed by atoms with van der Waals surface area (Å²) >= 11 is 0. The van der Waals surface area contributed by atoms with Crippen LogP contribution in [0, 0.1) is 0 Å². The van der Waals surface area contributed by atoms with Crippen LogP contribution in [0.2, 0.25) is 0 Å². The van der Waals surface area contributed by atoms with Gasteiger partial charge in [0.1, 0.15) is 0 Å². The number of hydrogen-bond donors (Lipinski definition) is 1. The normalized spacial score (nSPS) is 25.4. The van der Waals surface area contributed by atoms with Crippen LogP contribution in [0.5, 0.6) is 0 Å². The van der Waals surface area contributed by atoms with Crippen molar-refractivity contribution in [3.05, 3.63) is 71.8 Å². The van der Waals surface area contributed by atoms with Crippen LogP contribution in [0.25, 0.3) is 0 Å². The zero-order valence-electron chi connectivity index (χ0n) is 12.1. The molecule has 2 atom stereocenters. The van der Waals surface area contributed by atoms with Gasteiger partial charge in [0.2, 0.25) is 0 Å². The molecule has 2 aromatic carbocycles. The second kappa shape index (κ2) is 6.46. The molecule has 2 aromatic rings. The minimum Gasteiger partial charge on any atom is -0.346 e. The quantitative estimate of drug-likeness (QED) is 0.854. The van der Waals surface area contributed by atoms with Crippen molar-refractivity contribution < 1.29 is 4.55 Å². The molecule has 0 bridgehead atoms. The standard InChI is InChI=1S/C18H21NOS/c20-21(14-13-19-15-21)18(17-9-5-2-6-10-17)12-11-16-7-3-1-4-8-16/h1-10,15,18,20H,11-14H2. The Bertz CT molecular complexity index is 599. The first-order valence-electron chi connectivity index (χ1n) is 7.39. The molecule has 110 valence electrons. The molecule has 3 heteroatoms. The van der Waals surface area contributed by atoms with Crippen molar-refractivity contribution in [2.24, 2.45) is 4.99 Å². The molecule has 1 aliphatic rings. The van der Waals surface area contributed by atoms with E-state index in [1.807, 2.05) is 17.7 Å². The monoisotopic (exact) mass is 299 g/mol. The molecule has 0 aliphatic carbocycles. The molecule has 1 N–H and O–H groups in total. The van der Waals surface area contributed by atoms with Crippen LogP contribution in [-0.2, 0) is 6.42 Å². The van der Waals surface area contributed by atoms with E-state index < -0.39 is 10.3 Å². The van der Waals surface area contributed by atoms with Gasteiger partial charge in [-0.1, -0.05) is 71.0 Å². The number of aryl methyl sites for hydroxylation is 1. The Labute approximate surface area is 128 Å².